The number of carbonyl (C=O) groups excluding carboxylic acids is 1. The fourth-order valence-corrected chi connectivity index (χ4v) is 1.59. The van der Waals surface area contributed by atoms with E-state index in [0.29, 0.717) is 10.1 Å². The van der Waals surface area contributed by atoms with E-state index in [9.17, 15) is 9.90 Å². The van der Waals surface area contributed by atoms with Gasteiger partial charge in [-0.1, -0.05) is 28.9 Å². The second-order valence-corrected chi connectivity index (χ2v) is 3.35. The van der Waals surface area contributed by atoms with Crippen LogP contribution in [0.25, 0.3) is 0 Å². The topological polar surface area (TPSA) is 37.3 Å². The number of carbonyl (C=O) groups is 1. The monoisotopic (exact) mass is 216 g/mol. The van der Waals surface area contributed by atoms with E-state index >= 15 is 0 Å². The van der Waals surface area contributed by atoms with Gasteiger partial charge in [-0.05, 0) is 6.92 Å². The number of halogens is 1. The van der Waals surface area contributed by atoms with Gasteiger partial charge in [0.25, 0.3) is 0 Å². The molecule has 0 aliphatic heterocycles. The molecular formula is C8H9BrO2. The minimum atomic E-state index is -0.258. The van der Waals surface area contributed by atoms with E-state index in [4.69, 9.17) is 0 Å². The lowest BCUT2D eigenvalue weighted by Crippen LogP contribution is -2.01. The highest BCUT2D eigenvalue weighted by Crippen LogP contribution is 2.35. The maximum Gasteiger partial charge on any atom is 0.224 e. The molecule has 0 heterocycles. The minimum absolute atomic E-state index is 0.00694. The molecule has 1 aliphatic rings. The molecule has 11 heavy (non-hydrogen) atoms. The van der Waals surface area contributed by atoms with Crippen LogP contribution in [0.5, 0.6) is 0 Å². The molecule has 1 aliphatic carbocycles. The van der Waals surface area contributed by atoms with E-state index in [2.05, 4.69) is 15.9 Å². The normalized spacial score (nSPS) is 28.8. The summed E-state index contributed by atoms with van der Waals surface area (Å²) in [5.74, 6) is -0.398. The Balaban J connectivity index is 3.12. The highest BCUT2D eigenvalue weighted by Gasteiger charge is 2.32. The Morgan fingerprint density at radius 2 is 2.18 bits per heavy atom. The lowest BCUT2D eigenvalue weighted by molar-refractivity contribution is -0.114. The van der Waals surface area contributed by atoms with Crippen molar-refractivity contribution >= 4 is 21.7 Å². The molecule has 0 amide bonds. The van der Waals surface area contributed by atoms with Crippen LogP contribution in [0.4, 0.5) is 0 Å². The molecule has 0 bridgehead atoms. The number of hydrogen-bond acceptors (Lipinski definition) is 2. The first kappa shape index (κ1) is 8.53. The number of ketones is 1. The third kappa shape index (κ3) is 1.13. The highest BCUT2D eigenvalue weighted by atomic mass is 79.9. The molecule has 0 radical (unpaired) electrons. The Bertz CT molecular complexity index is 263. The Morgan fingerprint density at radius 1 is 1.64 bits per heavy atom. The maximum absolute atomic E-state index is 11.2. The molecule has 2 nitrogen and oxygen atoms in total. The van der Waals surface area contributed by atoms with E-state index in [1.165, 1.54) is 0 Å². The third-order valence-corrected chi connectivity index (χ3v) is 2.92. The SMILES string of the molecule is CC=C1C(=O)C(O)=C(Br)C1C. The predicted molar refractivity (Wildman–Crippen MR) is 46.5 cm³/mol. The summed E-state index contributed by atoms with van der Waals surface area (Å²) in [5, 5.41) is 9.18. The van der Waals surface area contributed by atoms with E-state index < -0.39 is 0 Å². The summed E-state index contributed by atoms with van der Waals surface area (Å²) in [6, 6.07) is 0. The Kier molecular flexibility index (Phi) is 2.18. The Labute approximate surface area is 73.7 Å². The van der Waals surface area contributed by atoms with Gasteiger partial charge in [0, 0.05) is 16.0 Å². The highest BCUT2D eigenvalue weighted by molar-refractivity contribution is 9.11. The number of allylic oxidation sites excluding steroid dienone is 3. The van der Waals surface area contributed by atoms with Gasteiger partial charge in [-0.25, -0.2) is 0 Å². The van der Waals surface area contributed by atoms with Gasteiger partial charge in [0.1, 0.15) is 0 Å². The van der Waals surface area contributed by atoms with Crippen LogP contribution < -0.4 is 0 Å². The smallest absolute Gasteiger partial charge is 0.224 e. The van der Waals surface area contributed by atoms with Crippen LogP contribution in [0.2, 0.25) is 0 Å². The molecule has 3 heteroatoms. The Morgan fingerprint density at radius 3 is 2.36 bits per heavy atom. The van der Waals surface area contributed by atoms with Crippen LogP contribution in [0.3, 0.4) is 0 Å². The quantitative estimate of drug-likeness (QED) is 0.632. The van der Waals surface area contributed by atoms with Crippen LogP contribution >= 0.6 is 15.9 Å². The average Bonchev–Trinajstić information content (AvgIpc) is 2.17. The van der Waals surface area contributed by atoms with Crippen molar-refractivity contribution in [2.75, 3.05) is 0 Å². The van der Waals surface area contributed by atoms with Crippen LogP contribution in [0.15, 0.2) is 21.9 Å². The van der Waals surface area contributed by atoms with E-state index in [-0.39, 0.29) is 17.5 Å². The molecule has 0 fully saturated rings. The predicted octanol–water partition coefficient (Wildman–Crippen LogP) is 2.32. The van der Waals surface area contributed by atoms with Crippen LogP contribution in [-0.2, 0) is 4.79 Å². The van der Waals surface area contributed by atoms with Crippen molar-refractivity contribution in [3.8, 4) is 0 Å². The fourth-order valence-electron chi connectivity index (χ4n) is 1.16. The summed E-state index contributed by atoms with van der Waals surface area (Å²) in [6.45, 7) is 3.67. The van der Waals surface area contributed by atoms with Crippen molar-refractivity contribution in [3.05, 3.63) is 21.9 Å². The van der Waals surface area contributed by atoms with Crippen LogP contribution in [0.1, 0.15) is 13.8 Å². The molecule has 1 atom stereocenters. The molecule has 0 aromatic carbocycles. The summed E-state index contributed by atoms with van der Waals surface area (Å²) in [5.41, 5.74) is 0.661. The molecule has 60 valence electrons. The van der Waals surface area contributed by atoms with Crippen molar-refractivity contribution in [3.63, 3.8) is 0 Å². The van der Waals surface area contributed by atoms with E-state index in [1.54, 1.807) is 13.0 Å². The first-order chi connectivity index (χ1) is 5.09. The maximum atomic E-state index is 11.2. The van der Waals surface area contributed by atoms with Gasteiger partial charge in [-0.2, -0.15) is 0 Å². The summed E-state index contributed by atoms with van der Waals surface area (Å²) in [6.07, 6.45) is 1.73. The van der Waals surface area contributed by atoms with Crippen molar-refractivity contribution in [2.45, 2.75) is 13.8 Å². The van der Waals surface area contributed by atoms with Gasteiger partial charge in [0.2, 0.25) is 5.78 Å². The van der Waals surface area contributed by atoms with Crippen molar-refractivity contribution < 1.29 is 9.90 Å². The van der Waals surface area contributed by atoms with Crippen molar-refractivity contribution in [1.29, 1.82) is 0 Å². The van der Waals surface area contributed by atoms with Gasteiger partial charge < -0.3 is 5.11 Å². The second kappa shape index (κ2) is 2.81. The third-order valence-electron chi connectivity index (χ3n) is 1.86. The summed E-state index contributed by atoms with van der Waals surface area (Å²) in [4.78, 5) is 11.2. The van der Waals surface area contributed by atoms with Crippen molar-refractivity contribution in [2.24, 2.45) is 5.92 Å². The van der Waals surface area contributed by atoms with Crippen molar-refractivity contribution in [1.82, 2.24) is 0 Å². The molecular weight excluding hydrogens is 208 g/mol. The van der Waals surface area contributed by atoms with E-state index in [0.717, 1.165) is 0 Å². The van der Waals surface area contributed by atoms with Gasteiger partial charge in [-0.15, -0.1) is 0 Å². The molecule has 0 aromatic heterocycles. The van der Waals surface area contributed by atoms with Gasteiger partial charge in [0.05, 0.1) is 0 Å². The second-order valence-electron chi connectivity index (χ2n) is 2.49. The molecule has 0 spiro atoms. The zero-order chi connectivity index (χ0) is 8.59. The molecule has 0 saturated carbocycles. The van der Waals surface area contributed by atoms with E-state index in [1.807, 2.05) is 6.92 Å². The number of aliphatic hydroxyl groups excluding tert-OH is 1. The first-order valence-electron chi connectivity index (χ1n) is 3.39. The van der Waals surface area contributed by atoms with Crippen LogP contribution in [-0.4, -0.2) is 10.9 Å². The summed E-state index contributed by atoms with van der Waals surface area (Å²) in [7, 11) is 0. The average molecular weight is 217 g/mol. The standard InChI is InChI=1S/C8H9BrO2/c1-3-5-4(2)6(9)8(11)7(5)10/h3-4,11H,1-2H3. The zero-order valence-electron chi connectivity index (χ0n) is 6.39. The molecule has 1 N–H and O–H groups in total. The minimum Gasteiger partial charge on any atom is -0.504 e. The molecule has 0 saturated heterocycles. The molecule has 0 aromatic rings. The Hall–Kier alpha value is -0.570. The molecule has 1 rings (SSSR count). The first-order valence-corrected chi connectivity index (χ1v) is 4.18. The molecule has 1 unspecified atom stereocenters. The fraction of sp³-hybridized carbons (Fsp3) is 0.375. The zero-order valence-corrected chi connectivity index (χ0v) is 7.97. The number of Topliss-reactive ketones (excluding diaryl/α,β-unsaturated/α-hetero) is 1. The summed E-state index contributed by atoms with van der Waals surface area (Å²) >= 11 is 3.16. The number of hydrogen-bond donors (Lipinski definition) is 1. The van der Waals surface area contributed by atoms with Gasteiger partial charge in [0.15, 0.2) is 5.76 Å². The van der Waals surface area contributed by atoms with Gasteiger partial charge in [-0.3, -0.25) is 4.79 Å². The lowest BCUT2D eigenvalue weighted by atomic mass is 10.0. The summed E-state index contributed by atoms with van der Waals surface area (Å²) < 4.78 is 0.593. The lowest BCUT2D eigenvalue weighted by Gasteiger charge is -2.01. The number of rotatable bonds is 0. The van der Waals surface area contributed by atoms with Crippen LogP contribution in [0, 0.1) is 5.92 Å². The van der Waals surface area contributed by atoms with Gasteiger partial charge >= 0.3 is 0 Å². The largest absolute Gasteiger partial charge is 0.504 e. The number of aliphatic hydroxyl groups is 1.